The number of hydrogen-bond donors (Lipinski definition) is 0. The van der Waals surface area contributed by atoms with E-state index in [0.29, 0.717) is 17.3 Å². The summed E-state index contributed by atoms with van der Waals surface area (Å²) in [5.41, 5.74) is 2.54. The molecular formula is C31H52O2. The molecule has 3 fully saturated rings. The minimum absolute atomic E-state index is 0.00772. The lowest BCUT2D eigenvalue weighted by molar-refractivity contribution is -0.151. The molecule has 0 radical (unpaired) electrons. The molecule has 0 aromatic heterocycles. The standard InChI is InChI=1S/C31H52O2/c1-7-9-29(32)33-24-16-18-30(5)23(20-24)12-13-25-27-15-14-26(22(4)11-8-10-21(2)3)31(27,6)19-17-28(25)30/h12,21-22,24-28H,7-11,13-20H2,1-6H3/t22-,24-,25+,26-,27-,28-,30+,31-/m1/s1. The van der Waals surface area contributed by atoms with E-state index in [2.05, 4.69) is 47.6 Å². The fraction of sp³-hybridized carbons (Fsp3) is 0.903. The quantitative estimate of drug-likeness (QED) is 0.269. The van der Waals surface area contributed by atoms with Crippen LogP contribution in [-0.2, 0) is 9.53 Å². The van der Waals surface area contributed by atoms with Crippen LogP contribution in [0.1, 0.15) is 125 Å². The fourth-order valence-electron chi connectivity index (χ4n) is 9.20. The number of allylic oxidation sites excluding steroid dienone is 1. The summed E-state index contributed by atoms with van der Waals surface area (Å²) in [6, 6.07) is 0. The fourth-order valence-corrected chi connectivity index (χ4v) is 9.20. The highest BCUT2D eigenvalue weighted by Gasteiger charge is 2.59. The van der Waals surface area contributed by atoms with Crippen molar-refractivity contribution < 1.29 is 9.53 Å². The summed E-state index contributed by atoms with van der Waals surface area (Å²) in [5.74, 6) is 5.31. The van der Waals surface area contributed by atoms with Crippen LogP contribution >= 0.6 is 0 Å². The van der Waals surface area contributed by atoms with Crippen molar-refractivity contribution >= 4 is 5.97 Å². The second-order valence-electron chi connectivity index (χ2n) is 13.4. The van der Waals surface area contributed by atoms with Gasteiger partial charge in [0.1, 0.15) is 6.10 Å². The van der Waals surface area contributed by atoms with E-state index in [0.717, 1.165) is 54.8 Å². The SMILES string of the molecule is CCCC(=O)O[C@@H]1CC[C@@]2(C)C(=CC[C@H]3[C@H]4CC[C@H]([C@H](C)CCCC(C)C)[C@@]4(C)CC[C@H]32)C1. The van der Waals surface area contributed by atoms with E-state index in [1.165, 1.54) is 57.8 Å². The molecule has 4 aliphatic carbocycles. The van der Waals surface area contributed by atoms with E-state index in [1.54, 1.807) is 5.57 Å². The Bertz CT molecular complexity index is 722. The highest BCUT2D eigenvalue weighted by Crippen LogP contribution is 2.67. The number of esters is 1. The molecule has 0 unspecified atom stereocenters. The maximum absolute atomic E-state index is 12.1. The Morgan fingerprint density at radius 1 is 1.06 bits per heavy atom. The predicted molar refractivity (Wildman–Crippen MR) is 138 cm³/mol. The average Bonchev–Trinajstić information content (AvgIpc) is 3.11. The van der Waals surface area contributed by atoms with Crippen molar-refractivity contribution in [3.05, 3.63) is 11.6 Å². The molecule has 4 aliphatic rings. The van der Waals surface area contributed by atoms with Crippen LogP contribution in [0.25, 0.3) is 0 Å². The Kier molecular flexibility index (Phi) is 7.72. The van der Waals surface area contributed by atoms with Crippen molar-refractivity contribution in [2.75, 3.05) is 0 Å². The summed E-state index contributed by atoms with van der Waals surface area (Å²) in [5, 5.41) is 0. The third-order valence-corrected chi connectivity index (χ3v) is 11.0. The molecule has 33 heavy (non-hydrogen) atoms. The van der Waals surface area contributed by atoms with Crippen molar-refractivity contribution in [1.29, 1.82) is 0 Å². The number of ether oxygens (including phenoxy) is 1. The lowest BCUT2D eigenvalue weighted by atomic mass is 9.47. The van der Waals surface area contributed by atoms with Crippen LogP contribution in [0.3, 0.4) is 0 Å². The molecule has 188 valence electrons. The largest absolute Gasteiger partial charge is 0.462 e. The smallest absolute Gasteiger partial charge is 0.306 e. The Labute approximate surface area is 204 Å². The number of fused-ring (bicyclic) bond motifs is 5. The molecule has 0 saturated heterocycles. The summed E-state index contributed by atoms with van der Waals surface area (Å²) in [6.45, 7) is 14.6. The van der Waals surface area contributed by atoms with E-state index < -0.39 is 0 Å². The van der Waals surface area contributed by atoms with Gasteiger partial charge >= 0.3 is 5.97 Å². The molecule has 0 heterocycles. The van der Waals surface area contributed by atoms with Crippen LogP contribution in [0.2, 0.25) is 0 Å². The van der Waals surface area contributed by atoms with Gasteiger partial charge in [-0.3, -0.25) is 4.79 Å². The lowest BCUT2D eigenvalue weighted by Gasteiger charge is -2.58. The number of carbonyl (C=O) groups excluding carboxylic acids is 1. The van der Waals surface area contributed by atoms with Crippen LogP contribution < -0.4 is 0 Å². The van der Waals surface area contributed by atoms with Gasteiger partial charge < -0.3 is 4.74 Å². The van der Waals surface area contributed by atoms with Crippen molar-refractivity contribution in [2.45, 2.75) is 131 Å². The van der Waals surface area contributed by atoms with Gasteiger partial charge in [0, 0.05) is 12.8 Å². The molecule has 3 saturated carbocycles. The molecule has 0 N–H and O–H groups in total. The van der Waals surface area contributed by atoms with Crippen LogP contribution in [0.5, 0.6) is 0 Å². The van der Waals surface area contributed by atoms with E-state index in [4.69, 9.17) is 4.74 Å². The van der Waals surface area contributed by atoms with Crippen LogP contribution in [0.15, 0.2) is 11.6 Å². The first-order chi connectivity index (χ1) is 15.7. The summed E-state index contributed by atoms with van der Waals surface area (Å²) in [7, 11) is 0. The minimum Gasteiger partial charge on any atom is -0.462 e. The van der Waals surface area contributed by atoms with Gasteiger partial charge in [0.2, 0.25) is 0 Å². The second kappa shape index (κ2) is 10.1. The van der Waals surface area contributed by atoms with Gasteiger partial charge in [0.25, 0.3) is 0 Å². The number of carbonyl (C=O) groups is 1. The van der Waals surface area contributed by atoms with Crippen molar-refractivity contribution in [1.82, 2.24) is 0 Å². The average molecular weight is 457 g/mol. The molecule has 0 spiro atoms. The zero-order chi connectivity index (χ0) is 23.8. The normalized spacial score (nSPS) is 41.1. The third-order valence-electron chi connectivity index (χ3n) is 11.0. The van der Waals surface area contributed by atoms with Crippen LogP contribution in [-0.4, -0.2) is 12.1 Å². The Morgan fingerprint density at radius 3 is 2.58 bits per heavy atom. The first-order valence-electron chi connectivity index (χ1n) is 14.6. The Balaban J connectivity index is 1.43. The van der Waals surface area contributed by atoms with Gasteiger partial charge in [-0.25, -0.2) is 0 Å². The summed E-state index contributed by atoms with van der Waals surface area (Å²) >= 11 is 0. The minimum atomic E-state index is 0.00772. The first-order valence-corrected chi connectivity index (χ1v) is 14.6. The van der Waals surface area contributed by atoms with Gasteiger partial charge in [0.15, 0.2) is 0 Å². The molecule has 0 bridgehead atoms. The van der Waals surface area contributed by atoms with Gasteiger partial charge in [0.05, 0.1) is 0 Å². The Morgan fingerprint density at radius 2 is 1.85 bits per heavy atom. The zero-order valence-electron chi connectivity index (χ0n) is 22.6. The van der Waals surface area contributed by atoms with E-state index in [9.17, 15) is 4.79 Å². The monoisotopic (exact) mass is 456 g/mol. The first kappa shape index (κ1) is 25.3. The van der Waals surface area contributed by atoms with Gasteiger partial charge in [-0.1, -0.05) is 72.5 Å². The number of rotatable bonds is 8. The van der Waals surface area contributed by atoms with Gasteiger partial charge in [-0.15, -0.1) is 0 Å². The van der Waals surface area contributed by atoms with E-state index in [-0.39, 0.29) is 12.1 Å². The molecular weight excluding hydrogens is 404 g/mol. The molecule has 0 amide bonds. The molecule has 0 aliphatic heterocycles. The van der Waals surface area contributed by atoms with Crippen molar-refractivity contribution in [2.24, 2.45) is 46.3 Å². The molecule has 4 rings (SSSR count). The van der Waals surface area contributed by atoms with Gasteiger partial charge in [-0.05, 0) is 97.7 Å². The van der Waals surface area contributed by atoms with Crippen molar-refractivity contribution in [3.8, 4) is 0 Å². The molecule has 8 atom stereocenters. The summed E-state index contributed by atoms with van der Waals surface area (Å²) < 4.78 is 5.85. The summed E-state index contributed by atoms with van der Waals surface area (Å²) in [6.07, 6.45) is 18.8. The topological polar surface area (TPSA) is 26.3 Å². The second-order valence-corrected chi connectivity index (χ2v) is 13.4. The molecule has 0 aromatic rings. The van der Waals surface area contributed by atoms with Crippen LogP contribution in [0.4, 0.5) is 0 Å². The van der Waals surface area contributed by atoms with Gasteiger partial charge in [-0.2, -0.15) is 0 Å². The highest BCUT2D eigenvalue weighted by molar-refractivity contribution is 5.69. The summed E-state index contributed by atoms with van der Waals surface area (Å²) in [4.78, 5) is 12.1. The molecule has 0 aromatic carbocycles. The zero-order valence-corrected chi connectivity index (χ0v) is 22.6. The maximum Gasteiger partial charge on any atom is 0.306 e. The predicted octanol–water partition coefficient (Wildman–Crippen LogP) is 8.74. The third kappa shape index (κ3) is 4.84. The van der Waals surface area contributed by atoms with E-state index in [1.807, 2.05) is 0 Å². The lowest BCUT2D eigenvalue weighted by Crippen LogP contribution is -2.51. The Hall–Kier alpha value is -0.790. The molecule has 2 heteroatoms. The van der Waals surface area contributed by atoms with Crippen LogP contribution in [0, 0.1) is 46.3 Å². The van der Waals surface area contributed by atoms with Crippen molar-refractivity contribution in [3.63, 3.8) is 0 Å². The maximum atomic E-state index is 12.1. The number of hydrogen-bond acceptors (Lipinski definition) is 2. The highest BCUT2D eigenvalue weighted by atomic mass is 16.5. The van der Waals surface area contributed by atoms with E-state index >= 15 is 0 Å². The molecule has 2 nitrogen and oxygen atoms in total.